The second-order valence-corrected chi connectivity index (χ2v) is 6.41. The Bertz CT molecular complexity index is 196. The lowest BCUT2D eigenvalue weighted by Crippen LogP contribution is -2.27. The van der Waals surface area contributed by atoms with Crippen LogP contribution in [0.5, 0.6) is 0 Å². The van der Waals surface area contributed by atoms with Crippen LogP contribution in [0.2, 0.25) is 0 Å². The fourth-order valence-electron chi connectivity index (χ4n) is 4.26. The molecule has 15 heavy (non-hydrogen) atoms. The molecular weight excluding hydrogens is 180 g/mol. The zero-order chi connectivity index (χ0) is 10.8. The van der Waals surface area contributed by atoms with E-state index in [9.17, 15) is 0 Å². The van der Waals surface area contributed by atoms with Crippen molar-refractivity contribution < 1.29 is 0 Å². The second kappa shape index (κ2) is 4.89. The minimum atomic E-state index is 1.000. The van der Waals surface area contributed by atoms with Crippen LogP contribution in [0, 0.1) is 29.6 Å². The lowest BCUT2D eigenvalue weighted by molar-refractivity contribution is 0.141. The van der Waals surface area contributed by atoms with Crippen LogP contribution >= 0.6 is 0 Å². The lowest BCUT2D eigenvalue weighted by atomic mass is 9.69. The molecule has 0 heterocycles. The number of hydrogen-bond donors (Lipinski definition) is 0. The van der Waals surface area contributed by atoms with Gasteiger partial charge in [0.1, 0.15) is 0 Å². The van der Waals surface area contributed by atoms with E-state index in [1.807, 2.05) is 0 Å². The third-order valence-electron chi connectivity index (χ3n) is 5.26. The summed E-state index contributed by atoms with van der Waals surface area (Å²) in [6.07, 6.45) is 10.6. The first-order valence-electron chi connectivity index (χ1n) is 7.20. The van der Waals surface area contributed by atoms with Crippen molar-refractivity contribution in [2.45, 2.75) is 65.7 Å². The highest BCUT2D eigenvalue weighted by Gasteiger charge is 2.35. The van der Waals surface area contributed by atoms with Crippen molar-refractivity contribution in [1.82, 2.24) is 0 Å². The van der Waals surface area contributed by atoms with Crippen LogP contribution in [0.1, 0.15) is 65.7 Å². The predicted octanol–water partition coefficient (Wildman–Crippen LogP) is 4.89. The minimum Gasteiger partial charge on any atom is -0.0651 e. The highest BCUT2D eigenvalue weighted by atomic mass is 14.4. The lowest BCUT2D eigenvalue weighted by Gasteiger charge is -2.36. The van der Waals surface area contributed by atoms with Gasteiger partial charge in [0, 0.05) is 0 Å². The normalized spacial score (nSPS) is 47.0. The van der Waals surface area contributed by atoms with Crippen LogP contribution in [0.15, 0.2) is 0 Å². The van der Waals surface area contributed by atoms with Crippen molar-refractivity contribution in [2.75, 3.05) is 0 Å². The molecule has 0 aromatic carbocycles. The maximum Gasteiger partial charge on any atom is -0.0360 e. The fraction of sp³-hybridized carbons (Fsp3) is 1.00. The Kier molecular flexibility index (Phi) is 3.74. The van der Waals surface area contributed by atoms with E-state index < -0.39 is 0 Å². The smallest absolute Gasteiger partial charge is 0.0360 e. The van der Waals surface area contributed by atoms with Gasteiger partial charge in [-0.2, -0.15) is 0 Å². The first kappa shape index (κ1) is 11.5. The molecule has 0 aliphatic heterocycles. The van der Waals surface area contributed by atoms with Crippen molar-refractivity contribution in [3.8, 4) is 0 Å². The molecule has 2 fully saturated rings. The Balaban J connectivity index is 1.88. The van der Waals surface area contributed by atoms with Gasteiger partial charge in [-0.05, 0) is 55.3 Å². The SMILES string of the molecule is CCC1CCC(C2CCC(C)CC2C)C1. The van der Waals surface area contributed by atoms with Gasteiger partial charge in [-0.25, -0.2) is 0 Å². The molecule has 0 N–H and O–H groups in total. The topological polar surface area (TPSA) is 0 Å². The molecule has 0 heteroatoms. The molecule has 2 aliphatic rings. The van der Waals surface area contributed by atoms with Crippen LogP contribution < -0.4 is 0 Å². The standard InChI is InChI=1S/C15H28/c1-4-13-6-7-14(10-13)15-8-5-11(2)9-12(15)3/h11-15H,4-10H2,1-3H3. The molecule has 2 saturated carbocycles. The van der Waals surface area contributed by atoms with E-state index in [2.05, 4.69) is 20.8 Å². The third kappa shape index (κ3) is 2.57. The first-order chi connectivity index (χ1) is 7.20. The summed E-state index contributed by atoms with van der Waals surface area (Å²) in [6, 6.07) is 0. The van der Waals surface area contributed by atoms with Gasteiger partial charge in [-0.15, -0.1) is 0 Å². The van der Waals surface area contributed by atoms with Gasteiger partial charge in [0.15, 0.2) is 0 Å². The quantitative estimate of drug-likeness (QED) is 0.606. The Labute approximate surface area is 95.8 Å². The van der Waals surface area contributed by atoms with E-state index in [-0.39, 0.29) is 0 Å². The molecule has 0 radical (unpaired) electrons. The molecule has 0 nitrogen and oxygen atoms in total. The van der Waals surface area contributed by atoms with E-state index in [1.165, 1.54) is 32.1 Å². The molecule has 2 aliphatic carbocycles. The summed E-state index contributed by atoms with van der Waals surface area (Å²) in [7, 11) is 0. The molecule has 5 unspecified atom stereocenters. The molecule has 2 rings (SSSR count). The summed E-state index contributed by atoms with van der Waals surface area (Å²) in [6.45, 7) is 7.33. The van der Waals surface area contributed by atoms with Gasteiger partial charge in [-0.3, -0.25) is 0 Å². The second-order valence-electron chi connectivity index (χ2n) is 6.41. The van der Waals surface area contributed by atoms with Crippen molar-refractivity contribution in [1.29, 1.82) is 0 Å². The summed E-state index contributed by atoms with van der Waals surface area (Å²) in [5, 5.41) is 0. The Morgan fingerprint density at radius 1 is 0.933 bits per heavy atom. The molecule has 0 aromatic rings. The summed E-state index contributed by atoms with van der Waals surface area (Å²) < 4.78 is 0. The van der Waals surface area contributed by atoms with Crippen molar-refractivity contribution in [2.24, 2.45) is 29.6 Å². The molecule has 0 saturated heterocycles. The summed E-state index contributed by atoms with van der Waals surface area (Å²) in [5.74, 6) is 5.26. The molecular formula is C15H28. The van der Waals surface area contributed by atoms with Gasteiger partial charge in [0.2, 0.25) is 0 Å². The first-order valence-corrected chi connectivity index (χ1v) is 7.20. The van der Waals surface area contributed by atoms with Gasteiger partial charge >= 0.3 is 0 Å². The zero-order valence-corrected chi connectivity index (χ0v) is 10.8. The fourth-order valence-corrected chi connectivity index (χ4v) is 4.26. The number of rotatable bonds is 2. The highest BCUT2D eigenvalue weighted by molar-refractivity contribution is 4.86. The Hall–Kier alpha value is 0. The van der Waals surface area contributed by atoms with Crippen LogP contribution in [0.3, 0.4) is 0 Å². The predicted molar refractivity (Wildman–Crippen MR) is 66.8 cm³/mol. The van der Waals surface area contributed by atoms with Crippen LogP contribution in [0.4, 0.5) is 0 Å². The van der Waals surface area contributed by atoms with Crippen molar-refractivity contribution in [3.63, 3.8) is 0 Å². The summed E-state index contributed by atoms with van der Waals surface area (Å²) in [5.41, 5.74) is 0. The van der Waals surface area contributed by atoms with E-state index in [4.69, 9.17) is 0 Å². The summed E-state index contributed by atoms with van der Waals surface area (Å²) >= 11 is 0. The molecule has 0 bridgehead atoms. The Morgan fingerprint density at radius 2 is 1.73 bits per heavy atom. The molecule has 0 amide bonds. The van der Waals surface area contributed by atoms with Crippen LogP contribution in [0.25, 0.3) is 0 Å². The zero-order valence-electron chi connectivity index (χ0n) is 10.8. The monoisotopic (exact) mass is 208 g/mol. The Morgan fingerprint density at radius 3 is 2.33 bits per heavy atom. The van der Waals surface area contributed by atoms with Crippen LogP contribution in [-0.2, 0) is 0 Å². The summed E-state index contributed by atoms with van der Waals surface area (Å²) in [4.78, 5) is 0. The highest BCUT2D eigenvalue weighted by Crippen LogP contribution is 2.46. The average molecular weight is 208 g/mol. The maximum absolute atomic E-state index is 2.51. The van der Waals surface area contributed by atoms with Gasteiger partial charge in [0.05, 0.1) is 0 Å². The van der Waals surface area contributed by atoms with Gasteiger partial charge in [0.25, 0.3) is 0 Å². The molecule has 0 spiro atoms. The largest absolute Gasteiger partial charge is 0.0651 e. The molecule has 88 valence electrons. The maximum atomic E-state index is 2.51. The van der Waals surface area contributed by atoms with E-state index >= 15 is 0 Å². The average Bonchev–Trinajstić information content (AvgIpc) is 2.66. The van der Waals surface area contributed by atoms with E-state index in [0.717, 1.165) is 29.6 Å². The van der Waals surface area contributed by atoms with Gasteiger partial charge < -0.3 is 0 Å². The minimum absolute atomic E-state index is 1.000. The van der Waals surface area contributed by atoms with Crippen molar-refractivity contribution >= 4 is 0 Å². The third-order valence-corrected chi connectivity index (χ3v) is 5.26. The van der Waals surface area contributed by atoms with Crippen molar-refractivity contribution in [3.05, 3.63) is 0 Å². The van der Waals surface area contributed by atoms with Gasteiger partial charge in [-0.1, -0.05) is 40.0 Å². The van der Waals surface area contributed by atoms with E-state index in [1.54, 1.807) is 12.8 Å². The molecule has 0 aromatic heterocycles. The van der Waals surface area contributed by atoms with E-state index in [0.29, 0.717) is 0 Å². The number of hydrogen-bond acceptors (Lipinski definition) is 0. The van der Waals surface area contributed by atoms with Crippen LogP contribution in [-0.4, -0.2) is 0 Å². The molecule has 5 atom stereocenters.